The Hall–Kier alpha value is -1.55. The molecule has 0 aromatic heterocycles. The topological polar surface area (TPSA) is 50.4 Å². The number of amides is 1. The molecule has 2 rings (SSSR count). The molecule has 0 radical (unpaired) electrons. The predicted octanol–water partition coefficient (Wildman–Crippen LogP) is 2.93. The third-order valence-corrected chi connectivity index (χ3v) is 4.19. The Labute approximate surface area is 127 Å². The number of carbonyl (C=O) groups excluding carboxylic acids is 1. The molecule has 0 bridgehead atoms. The first-order chi connectivity index (χ1) is 9.82. The average Bonchev–Trinajstić information content (AvgIpc) is 2.84. The lowest BCUT2D eigenvalue weighted by molar-refractivity contribution is -0.120. The largest absolute Gasteiger partial charge is 0.495 e. The third kappa shape index (κ3) is 3.56. The third-order valence-electron chi connectivity index (χ3n) is 4.19. The Morgan fingerprint density at radius 1 is 1.38 bits per heavy atom. The standard InChI is InChI=1S/C17H26N2O2/c1-11-13(8-9-18-11)16(20)19-14-10-12(17(2,3)4)6-7-15(14)21-5/h6-7,10-11,13,18H,8-9H2,1-5H3,(H,19,20). The molecule has 2 atom stereocenters. The van der Waals surface area contributed by atoms with Crippen molar-refractivity contribution in [3.05, 3.63) is 23.8 Å². The van der Waals surface area contributed by atoms with E-state index in [0.717, 1.165) is 18.7 Å². The van der Waals surface area contributed by atoms with Crippen LogP contribution in [0.3, 0.4) is 0 Å². The summed E-state index contributed by atoms with van der Waals surface area (Å²) < 4.78 is 5.37. The number of nitrogens with one attached hydrogen (secondary N) is 2. The van der Waals surface area contributed by atoms with Gasteiger partial charge in [-0.25, -0.2) is 0 Å². The van der Waals surface area contributed by atoms with Crippen molar-refractivity contribution < 1.29 is 9.53 Å². The minimum atomic E-state index is 0.0213. The fourth-order valence-electron chi connectivity index (χ4n) is 2.71. The van der Waals surface area contributed by atoms with Crippen LogP contribution in [-0.4, -0.2) is 25.6 Å². The van der Waals surface area contributed by atoms with Crippen molar-refractivity contribution in [1.29, 1.82) is 0 Å². The van der Waals surface area contributed by atoms with Crippen LogP contribution in [0.4, 0.5) is 5.69 Å². The van der Waals surface area contributed by atoms with Gasteiger partial charge in [0.15, 0.2) is 0 Å². The van der Waals surface area contributed by atoms with E-state index in [1.54, 1.807) is 7.11 Å². The Bertz CT molecular complexity index is 520. The number of ether oxygens (including phenoxy) is 1. The van der Waals surface area contributed by atoms with Gasteiger partial charge in [0.1, 0.15) is 5.75 Å². The van der Waals surface area contributed by atoms with E-state index in [4.69, 9.17) is 4.74 Å². The minimum absolute atomic E-state index is 0.0213. The molecule has 116 valence electrons. The van der Waals surface area contributed by atoms with E-state index in [1.807, 2.05) is 18.2 Å². The summed E-state index contributed by atoms with van der Waals surface area (Å²) in [5.41, 5.74) is 1.97. The lowest BCUT2D eigenvalue weighted by Crippen LogP contribution is -2.32. The normalized spacial score (nSPS) is 22.1. The zero-order valence-corrected chi connectivity index (χ0v) is 13.6. The van der Waals surface area contributed by atoms with Crippen molar-refractivity contribution in [1.82, 2.24) is 5.32 Å². The van der Waals surface area contributed by atoms with Gasteiger partial charge in [-0.05, 0) is 43.0 Å². The van der Waals surface area contributed by atoms with Crippen LogP contribution in [0.2, 0.25) is 0 Å². The summed E-state index contributed by atoms with van der Waals surface area (Å²) in [6, 6.07) is 6.21. The highest BCUT2D eigenvalue weighted by Gasteiger charge is 2.30. The fourth-order valence-corrected chi connectivity index (χ4v) is 2.71. The van der Waals surface area contributed by atoms with Gasteiger partial charge in [0, 0.05) is 6.04 Å². The van der Waals surface area contributed by atoms with E-state index in [-0.39, 0.29) is 23.3 Å². The van der Waals surface area contributed by atoms with Crippen LogP contribution in [0.1, 0.15) is 39.7 Å². The molecule has 4 heteroatoms. The van der Waals surface area contributed by atoms with Crippen LogP contribution in [0.25, 0.3) is 0 Å². The molecule has 1 amide bonds. The molecule has 1 aromatic rings. The molecule has 1 aliphatic heterocycles. The second-order valence-corrected chi connectivity index (χ2v) is 6.79. The smallest absolute Gasteiger partial charge is 0.229 e. The van der Waals surface area contributed by atoms with Crippen LogP contribution in [0.5, 0.6) is 5.75 Å². The zero-order chi connectivity index (χ0) is 15.6. The second-order valence-electron chi connectivity index (χ2n) is 6.79. The molecule has 1 aromatic carbocycles. The molecule has 1 heterocycles. The summed E-state index contributed by atoms with van der Waals surface area (Å²) in [5, 5.41) is 6.35. The molecule has 0 aliphatic carbocycles. The van der Waals surface area contributed by atoms with Crippen molar-refractivity contribution in [2.45, 2.75) is 45.6 Å². The highest BCUT2D eigenvalue weighted by Crippen LogP contribution is 2.32. The highest BCUT2D eigenvalue weighted by atomic mass is 16.5. The molecule has 1 aliphatic rings. The molecule has 1 saturated heterocycles. The molecule has 2 N–H and O–H groups in total. The van der Waals surface area contributed by atoms with Gasteiger partial charge in [0.25, 0.3) is 0 Å². The lowest BCUT2D eigenvalue weighted by Gasteiger charge is -2.22. The summed E-state index contributed by atoms with van der Waals surface area (Å²) >= 11 is 0. The van der Waals surface area contributed by atoms with Crippen LogP contribution >= 0.6 is 0 Å². The number of hydrogen-bond acceptors (Lipinski definition) is 3. The first-order valence-corrected chi connectivity index (χ1v) is 7.55. The maximum atomic E-state index is 12.4. The summed E-state index contributed by atoms with van der Waals surface area (Å²) in [6.07, 6.45) is 0.883. The van der Waals surface area contributed by atoms with Gasteiger partial charge in [-0.1, -0.05) is 26.8 Å². The Morgan fingerprint density at radius 2 is 2.10 bits per heavy atom. The number of anilines is 1. The fraction of sp³-hybridized carbons (Fsp3) is 0.588. The van der Waals surface area contributed by atoms with Gasteiger partial charge >= 0.3 is 0 Å². The van der Waals surface area contributed by atoms with Crippen LogP contribution in [0, 0.1) is 5.92 Å². The van der Waals surface area contributed by atoms with Gasteiger partial charge in [0.2, 0.25) is 5.91 Å². The lowest BCUT2D eigenvalue weighted by atomic mass is 9.86. The first-order valence-electron chi connectivity index (χ1n) is 7.55. The predicted molar refractivity (Wildman–Crippen MR) is 85.9 cm³/mol. The van der Waals surface area contributed by atoms with Crippen molar-refractivity contribution in [3.8, 4) is 5.75 Å². The quantitative estimate of drug-likeness (QED) is 0.900. The molecule has 0 spiro atoms. The number of rotatable bonds is 3. The molecule has 0 saturated carbocycles. The molecular formula is C17H26N2O2. The van der Waals surface area contributed by atoms with E-state index in [0.29, 0.717) is 5.75 Å². The summed E-state index contributed by atoms with van der Waals surface area (Å²) in [4.78, 5) is 12.4. The number of carbonyl (C=O) groups is 1. The van der Waals surface area contributed by atoms with Crippen LogP contribution in [0.15, 0.2) is 18.2 Å². The maximum Gasteiger partial charge on any atom is 0.229 e. The molecule has 4 nitrogen and oxygen atoms in total. The second kappa shape index (κ2) is 6.06. The van der Waals surface area contributed by atoms with Gasteiger partial charge in [-0.2, -0.15) is 0 Å². The van der Waals surface area contributed by atoms with E-state index < -0.39 is 0 Å². The number of hydrogen-bond donors (Lipinski definition) is 2. The van der Waals surface area contributed by atoms with E-state index in [2.05, 4.69) is 38.3 Å². The zero-order valence-electron chi connectivity index (χ0n) is 13.6. The Morgan fingerprint density at radius 3 is 2.62 bits per heavy atom. The maximum absolute atomic E-state index is 12.4. The summed E-state index contributed by atoms with van der Waals surface area (Å²) in [6.45, 7) is 9.43. The Balaban J connectivity index is 2.23. The van der Waals surface area contributed by atoms with E-state index in [9.17, 15) is 4.79 Å². The van der Waals surface area contributed by atoms with Gasteiger partial charge in [0.05, 0.1) is 18.7 Å². The monoisotopic (exact) mass is 290 g/mol. The van der Waals surface area contributed by atoms with Crippen LogP contribution in [-0.2, 0) is 10.2 Å². The highest BCUT2D eigenvalue weighted by molar-refractivity contribution is 5.94. The van der Waals surface area contributed by atoms with Crippen molar-refractivity contribution in [3.63, 3.8) is 0 Å². The molecule has 1 fully saturated rings. The summed E-state index contributed by atoms with van der Waals surface area (Å²) in [5.74, 6) is 0.791. The molecule has 21 heavy (non-hydrogen) atoms. The average molecular weight is 290 g/mol. The van der Waals surface area contributed by atoms with Crippen molar-refractivity contribution >= 4 is 11.6 Å². The van der Waals surface area contributed by atoms with E-state index in [1.165, 1.54) is 5.56 Å². The van der Waals surface area contributed by atoms with Gasteiger partial charge in [-0.3, -0.25) is 4.79 Å². The van der Waals surface area contributed by atoms with Gasteiger partial charge in [-0.15, -0.1) is 0 Å². The molecular weight excluding hydrogens is 264 g/mol. The number of methoxy groups -OCH3 is 1. The Kier molecular flexibility index (Phi) is 4.57. The summed E-state index contributed by atoms with van der Waals surface area (Å²) in [7, 11) is 1.63. The van der Waals surface area contributed by atoms with E-state index >= 15 is 0 Å². The first kappa shape index (κ1) is 15.8. The van der Waals surface area contributed by atoms with Crippen molar-refractivity contribution in [2.75, 3.05) is 19.0 Å². The van der Waals surface area contributed by atoms with Crippen LogP contribution < -0.4 is 15.4 Å². The SMILES string of the molecule is COc1ccc(C(C)(C)C)cc1NC(=O)C1CCNC1C. The minimum Gasteiger partial charge on any atom is -0.495 e. The van der Waals surface area contributed by atoms with Gasteiger partial charge < -0.3 is 15.4 Å². The molecule has 2 unspecified atom stereocenters. The number of benzene rings is 1. The van der Waals surface area contributed by atoms with Crippen molar-refractivity contribution in [2.24, 2.45) is 5.92 Å².